The minimum absolute atomic E-state index is 0.00447. The van der Waals surface area contributed by atoms with Gasteiger partial charge in [-0.1, -0.05) is 15.9 Å². The minimum atomic E-state index is -0.483. The molecule has 0 unspecified atom stereocenters. The molecule has 2 aromatic rings. The molecule has 0 spiro atoms. The second-order valence-electron chi connectivity index (χ2n) is 4.19. The summed E-state index contributed by atoms with van der Waals surface area (Å²) in [4.78, 5) is 20.6. The summed E-state index contributed by atoms with van der Waals surface area (Å²) in [5.74, 6) is 0. The van der Waals surface area contributed by atoms with Gasteiger partial charge in [0.25, 0.3) is 11.4 Å². The Hall–Kier alpha value is -2.48. The average molecular weight is 352 g/mol. The van der Waals surface area contributed by atoms with E-state index in [-0.39, 0.29) is 17.9 Å². The third-order valence-electron chi connectivity index (χ3n) is 2.81. The number of nitro groups is 2. The van der Waals surface area contributed by atoms with Gasteiger partial charge in [0.1, 0.15) is 0 Å². The van der Waals surface area contributed by atoms with Gasteiger partial charge in [-0.3, -0.25) is 20.2 Å². The van der Waals surface area contributed by atoms with E-state index in [0.29, 0.717) is 15.7 Å². The lowest BCUT2D eigenvalue weighted by Gasteiger charge is -2.07. The molecule has 108 valence electrons. The molecule has 0 radical (unpaired) electrons. The highest BCUT2D eigenvalue weighted by molar-refractivity contribution is 9.10. The number of rotatable bonds is 5. The summed E-state index contributed by atoms with van der Waals surface area (Å²) < 4.78 is 0.633. The number of halogens is 1. The lowest BCUT2D eigenvalue weighted by Crippen LogP contribution is -2.03. The van der Waals surface area contributed by atoms with Crippen LogP contribution in [0.2, 0.25) is 0 Å². The minimum Gasteiger partial charge on any atom is -0.381 e. The van der Waals surface area contributed by atoms with E-state index in [4.69, 9.17) is 0 Å². The quantitative estimate of drug-likeness (QED) is 0.650. The molecule has 0 aliphatic carbocycles. The van der Waals surface area contributed by atoms with Crippen LogP contribution in [0.25, 0.3) is 0 Å². The van der Waals surface area contributed by atoms with E-state index in [1.54, 1.807) is 24.3 Å². The van der Waals surface area contributed by atoms with Crippen molar-refractivity contribution in [1.82, 2.24) is 0 Å². The van der Waals surface area contributed by atoms with Crippen LogP contribution in [0.5, 0.6) is 0 Å². The van der Waals surface area contributed by atoms with Crippen LogP contribution in [0.15, 0.2) is 46.9 Å². The fourth-order valence-corrected chi connectivity index (χ4v) is 2.10. The van der Waals surface area contributed by atoms with E-state index >= 15 is 0 Å². The number of nitrogens with zero attached hydrogens (tertiary/aromatic N) is 2. The van der Waals surface area contributed by atoms with Gasteiger partial charge in [0.15, 0.2) is 0 Å². The van der Waals surface area contributed by atoms with E-state index in [9.17, 15) is 20.2 Å². The fourth-order valence-electron chi connectivity index (χ4n) is 1.75. The first-order chi connectivity index (χ1) is 9.97. The van der Waals surface area contributed by atoms with E-state index in [1.807, 2.05) is 0 Å². The largest absolute Gasteiger partial charge is 0.381 e. The predicted molar refractivity (Wildman–Crippen MR) is 81.2 cm³/mol. The maximum absolute atomic E-state index is 11.0. The van der Waals surface area contributed by atoms with E-state index in [0.717, 1.165) is 0 Å². The number of hydrogen-bond acceptors (Lipinski definition) is 5. The molecule has 8 heteroatoms. The van der Waals surface area contributed by atoms with Crippen LogP contribution < -0.4 is 5.32 Å². The van der Waals surface area contributed by atoms with E-state index in [2.05, 4.69) is 21.2 Å². The van der Waals surface area contributed by atoms with Crippen molar-refractivity contribution in [2.45, 2.75) is 6.54 Å². The molecule has 0 atom stereocenters. The van der Waals surface area contributed by atoms with Crippen LogP contribution in [0.3, 0.4) is 0 Å². The molecule has 2 rings (SSSR count). The van der Waals surface area contributed by atoms with Gasteiger partial charge in [-0.25, -0.2) is 0 Å². The molecular weight excluding hydrogens is 342 g/mol. The van der Waals surface area contributed by atoms with Crippen LogP contribution >= 0.6 is 15.9 Å². The highest BCUT2D eigenvalue weighted by atomic mass is 79.9. The molecule has 0 fully saturated rings. The molecule has 0 heterocycles. The van der Waals surface area contributed by atoms with Crippen LogP contribution in [0.4, 0.5) is 17.1 Å². The van der Waals surface area contributed by atoms with Crippen molar-refractivity contribution in [3.63, 3.8) is 0 Å². The molecule has 0 bridgehead atoms. The summed E-state index contributed by atoms with van der Waals surface area (Å²) in [5, 5.41) is 24.5. The van der Waals surface area contributed by atoms with Crippen LogP contribution in [-0.4, -0.2) is 9.85 Å². The van der Waals surface area contributed by atoms with Crippen molar-refractivity contribution in [2.24, 2.45) is 0 Å². The predicted octanol–water partition coefficient (Wildman–Crippen LogP) is 3.88. The molecule has 7 nitrogen and oxygen atoms in total. The first-order valence-corrected chi connectivity index (χ1v) is 6.68. The highest BCUT2D eigenvalue weighted by Gasteiger charge is 2.13. The maximum atomic E-state index is 11.0. The van der Waals surface area contributed by atoms with Crippen molar-refractivity contribution in [3.05, 3.63) is 72.7 Å². The standard InChI is InChI=1S/C13H10BrN3O4/c14-10-2-1-9(13(7-10)17(20)21)8-15-11-3-5-12(6-4-11)16(18)19/h1-7,15H,8H2. The van der Waals surface area contributed by atoms with Crippen molar-refractivity contribution < 1.29 is 9.85 Å². The number of hydrogen-bond donors (Lipinski definition) is 1. The Bertz CT molecular complexity index is 688. The normalized spacial score (nSPS) is 10.1. The van der Waals surface area contributed by atoms with E-state index in [1.165, 1.54) is 18.2 Å². The number of non-ortho nitro benzene ring substituents is 1. The van der Waals surface area contributed by atoms with Gasteiger partial charge >= 0.3 is 0 Å². The molecule has 0 aromatic heterocycles. The lowest BCUT2D eigenvalue weighted by atomic mass is 10.1. The molecule has 0 amide bonds. The Morgan fingerprint density at radius 3 is 2.24 bits per heavy atom. The molecule has 1 N–H and O–H groups in total. The van der Waals surface area contributed by atoms with Gasteiger partial charge in [-0.15, -0.1) is 0 Å². The number of anilines is 1. The Morgan fingerprint density at radius 2 is 1.67 bits per heavy atom. The third kappa shape index (κ3) is 3.76. The first kappa shape index (κ1) is 14.9. The molecule has 0 saturated heterocycles. The summed E-state index contributed by atoms with van der Waals surface area (Å²) in [6.45, 7) is 0.251. The molecule has 0 aliphatic heterocycles. The van der Waals surface area contributed by atoms with Crippen LogP contribution in [-0.2, 0) is 6.54 Å². The monoisotopic (exact) mass is 351 g/mol. The van der Waals surface area contributed by atoms with Crippen molar-refractivity contribution in [2.75, 3.05) is 5.32 Å². The van der Waals surface area contributed by atoms with E-state index < -0.39 is 9.85 Å². The zero-order chi connectivity index (χ0) is 15.4. The zero-order valence-electron chi connectivity index (χ0n) is 10.7. The molecule has 2 aromatic carbocycles. The Balaban J connectivity index is 2.13. The van der Waals surface area contributed by atoms with Gasteiger partial charge in [0, 0.05) is 40.5 Å². The number of benzene rings is 2. The van der Waals surface area contributed by atoms with Crippen LogP contribution in [0.1, 0.15) is 5.56 Å². The second kappa shape index (κ2) is 6.31. The molecular formula is C13H10BrN3O4. The van der Waals surface area contributed by atoms with Crippen LogP contribution in [0, 0.1) is 20.2 Å². The summed E-state index contributed by atoms with van der Waals surface area (Å²) in [5.41, 5.74) is 1.19. The highest BCUT2D eigenvalue weighted by Crippen LogP contribution is 2.24. The van der Waals surface area contributed by atoms with Gasteiger partial charge < -0.3 is 5.32 Å². The lowest BCUT2D eigenvalue weighted by molar-refractivity contribution is -0.385. The zero-order valence-corrected chi connectivity index (χ0v) is 12.2. The third-order valence-corrected chi connectivity index (χ3v) is 3.30. The number of nitrogens with one attached hydrogen (secondary N) is 1. The Labute approximate surface area is 128 Å². The smallest absolute Gasteiger partial charge is 0.275 e. The summed E-state index contributed by atoms with van der Waals surface area (Å²) in [6.07, 6.45) is 0. The SMILES string of the molecule is O=[N+]([O-])c1ccc(NCc2ccc(Br)cc2[N+](=O)[O-])cc1. The molecule has 0 saturated carbocycles. The summed E-state index contributed by atoms with van der Waals surface area (Å²) in [6, 6.07) is 10.7. The summed E-state index contributed by atoms with van der Waals surface area (Å²) >= 11 is 3.19. The number of nitro benzene ring substituents is 2. The molecule has 21 heavy (non-hydrogen) atoms. The van der Waals surface area contributed by atoms with Gasteiger partial charge in [0.05, 0.1) is 9.85 Å². The van der Waals surface area contributed by atoms with Gasteiger partial charge in [-0.2, -0.15) is 0 Å². The van der Waals surface area contributed by atoms with Crippen molar-refractivity contribution in [1.29, 1.82) is 0 Å². The maximum Gasteiger partial charge on any atom is 0.275 e. The fraction of sp³-hybridized carbons (Fsp3) is 0.0769. The van der Waals surface area contributed by atoms with Gasteiger partial charge in [0.2, 0.25) is 0 Å². The second-order valence-corrected chi connectivity index (χ2v) is 5.10. The topological polar surface area (TPSA) is 98.3 Å². The Kier molecular flexibility index (Phi) is 4.49. The molecule has 0 aliphatic rings. The average Bonchev–Trinajstić information content (AvgIpc) is 2.46. The summed E-state index contributed by atoms with van der Waals surface area (Å²) in [7, 11) is 0. The van der Waals surface area contributed by atoms with Gasteiger partial charge in [-0.05, 0) is 24.3 Å². The first-order valence-electron chi connectivity index (χ1n) is 5.88. The van der Waals surface area contributed by atoms with Crippen molar-refractivity contribution in [3.8, 4) is 0 Å². The van der Waals surface area contributed by atoms with Crippen molar-refractivity contribution >= 4 is 33.0 Å². The Morgan fingerprint density at radius 1 is 1.00 bits per heavy atom.